The maximum Gasteiger partial charge on any atom is 0.211 e. The Labute approximate surface area is 103 Å². The first-order valence-electron chi connectivity index (χ1n) is 5.89. The molecular weight excluding hydrogens is 238 g/mol. The highest BCUT2D eigenvalue weighted by Gasteiger charge is 2.45. The van der Waals surface area contributed by atoms with Crippen molar-refractivity contribution < 1.29 is 19.5 Å². The van der Waals surface area contributed by atoms with E-state index in [1.54, 1.807) is 12.1 Å². The number of phenols is 1. The molecule has 3 rings (SSSR count). The monoisotopic (exact) mass is 251 g/mol. The molecule has 1 N–H and O–H groups in total. The zero-order valence-electron chi connectivity index (χ0n) is 9.61. The van der Waals surface area contributed by atoms with Gasteiger partial charge in [0.1, 0.15) is 0 Å². The van der Waals surface area contributed by atoms with E-state index in [0.717, 1.165) is 6.42 Å². The van der Waals surface area contributed by atoms with Crippen LogP contribution in [0.4, 0.5) is 0 Å². The van der Waals surface area contributed by atoms with E-state index in [0.29, 0.717) is 17.9 Å². The van der Waals surface area contributed by atoms with Crippen LogP contribution < -0.4 is 4.74 Å². The van der Waals surface area contributed by atoms with Gasteiger partial charge in [0.05, 0.1) is 12.5 Å². The quantitative estimate of drug-likeness (QED) is 0.636. The summed E-state index contributed by atoms with van der Waals surface area (Å²) >= 11 is 0. The van der Waals surface area contributed by atoms with Gasteiger partial charge in [0.15, 0.2) is 11.5 Å². The molecule has 2 aliphatic heterocycles. The highest BCUT2D eigenvalue weighted by atomic mass is 16.7. The Bertz CT molecular complexity index is 489. The zero-order valence-corrected chi connectivity index (χ0v) is 9.61. The summed E-state index contributed by atoms with van der Waals surface area (Å²) in [4.78, 5) is 10.5. The number of nitrogens with zero attached hydrogens (tertiary/aromatic N) is 1. The molecule has 0 spiro atoms. The van der Waals surface area contributed by atoms with Gasteiger partial charge in [0.25, 0.3) is 0 Å². The molecule has 6 nitrogen and oxygen atoms in total. The standard InChI is InChI=1S/C12H13NO5/c14-10-3-1-2-7-9(6-13(15)16)8-4-5-17-12(8)18-11(7)10/h1-3,8-9,12,14H,4-6H2/t8-,9+,12+/m1/s1. The van der Waals surface area contributed by atoms with Crippen molar-refractivity contribution in [3.8, 4) is 11.5 Å². The maximum absolute atomic E-state index is 10.8. The van der Waals surface area contributed by atoms with Gasteiger partial charge in [-0.15, -0.1) is 0 Å². The summed E-state index contributed by atoms with van der Waals surface area (Å²) < 4.78 is 11.0. The first-order valence-corrected chi connectivity index (χ1v) is 5.89. The first-order chi connectivity index (χ1) is 8.66. The fourth-order valence-corrected chi connectivity index (χ4v) is 2.80. The van der Waals surface area contributed by atoms with Gasteiger partial charge in [-0.2, -0.15) is 0 Å². The van der Waals surface area contributed by atoms with Crippen molar-refractivity contribution in [3.05, 3.63) is 33.9 Å². The minimum absolute atomic E-state index is 0.00907. The molecule has 6 heteroatoms. The number of nitro groups is 1. The van der Waals surface area contributed by atoms with Crippen molar-refractivity contribution in [1.82, 2.24) is 0 Å². The second kappa shape index (κ2) is 4.13. The van der Waals surface area contributed by atoms with Gasteiger partial charge in [0.2, 0.25) is 12.8 Å². The normalized spacial score (nSPS) is 29.2. The first kappa shape index (κ1) is 11.3. The Balaban J connectivity index is 2.04. The fraction of sp³-hybridized carbons (Fsp3) is 0.500. The number of fused-ring (bicyclic) bond motifs is 2. The van der Waals surface area contributed by atoms with Gasteiger partial charge in [-0.1, -0.05) is 12.1 Å². The van der Waals surface area contributed by atoms with E-state index < -0.39 is 6.29 Å². The summed E-state index contributed by atoms with van der Waals surface area (Å²) in [6.45, 7) is 0.378. The van der Waals surface area contributed by atoms with Crippen LogP contribution in [0, 0.1) is 16.0 Å². The molecule has 2 heterocycles. The summed E-state index contributed by atoms with van der Waals surface area (Å²) in [5.74, 6) is 0.0651. The second-order valence-corrected chi connectivity index (χ2v) is 4.63. The molecule has 0 amide bonds. The largest absolute Gasteiger partial charge is 0.504 e. The molecule has 0 radical (unpaired) electrons. The predicted octanol–water partition coefficient (Wildman–Crippen LogP) is 1.51. The van der Waals surface area contributed by atoms with Crippen LogP contribution in [0.25, 0.3) is 0 Å². The predicted molar refractivity (Wildman–Crippen MR) is 61.2 cm³/mol. The van der Waals surface area contributed by atoms with Gasteiger partial charge in [-0.3, -0.25) is 10.1 Å². The second-order valence-electron chi connectivity index (χ2n) is 4.63. The van der Waals surface area contributed by atoms with Gasteiger partial charge in [-0.05, 0) is 12.5 Å². The van der Waals surface area contributed by atoms with E-state index in [9.17, 15) is 15.2 Å². The summed E-state index contributed by atoms with van der Waals surface area (Å²) in [5, 5.41) is 20.6. The number of hydrogen-bond acceptors (Lipinski definition) is 5. The number of rotatable bonds is 2. The molecule has 1 aromatic carbocycles. The minimum atomic E-state index is -0.476. The maximum atomic E-state index is 10.8. The lowest BCUT2D eigenvalue weighted by Gasteiger charge is -2.32. The van der Waals surface area contributed by atoms with Crippen LogP contribution in [0.5, 0.6) is 11.5 Å². The number of phenolic OH excluding ortho intramolecular Hbond substituents is 1. The van der Waals surface area contributed by atoms with Crippen LogP contribution in [-0.2, 0) is 4.74 Å². The fourth-order valence-electron chi connectivity index (χ4n) is 2.80. The van der Waals surface area contributed by atoms with Crippen molar-refractivity contribution in [2.45, 2.75) is 18.6 Å². The van der Waals surface area contributed by atoms with E-state index in [1.165, 1.54) is 6.07 Å². The molecule has 96 valence electrons. The van der Waals surface area contributed by atoms with Gasteiger partial charge in [0, 0.05) is 16.4 Å². The van der Waals surface area contributed by atoms with Crippen LogP contribution in [0.15, 0.2) is 18.2 Å². The third kappa shape index (κ3) is 1.69. The minimum Gasteiger partial charge on any atom is -0.504 e. The number of aromatic hydroxyl groups is 1. The van der Waals surface area contributed by atoms with E-state index in [-0.39, 0.29) is 29.1 Å². The molecule has 0 bridgehead atoms. The average molecular weight is 251 g/mol. The summed E-state index contributed by atoms with van der Waals surface area (Å²) in [6, 6.07) is 4.97. The van der Waals surface area contributed by atoms with Crippen LogP contribution in [0.3, 0.4) is 0 Å². The van der Waals surface area contributed by atoms with Gasteiger partial charge in [-0.25, -0.2) is 0 Å². The number of ether oxygens (including phenoxy) is 2. The molecular formula is C12H13NO5. The smallest absolute Gasteiger partial charge is 0.211 e. The van der Waals surface area contributed by atoms with E-state index in [2.05, 4.69) is 0 Å². The molecule has 1 aromatic rings. The third-order valence-electron chi connectivity index (χ3n) is 3.60. The Kier molecular flexibility index (Phi) is 2.59. The average Bonchev–Trinajstić information content (AvgIpc) is 2.78. The van der Waals surface area contributed by atoms with E-state index >= 15 is 0 Å². The Morgan fingerprint density at radius 1 is 1.50 bits per heavy atom. The van der Waals surface area contributed by atoms with Crippen molar-refractivity contribution in [2.75, 3.05) is 13.2 Å². The van der Waals surface area contributed by atoms with Crippen molar-refractivity contribution >= 4 is 0 Å². The topological polar surface area (TPSA) is 81.8 Å². The lowest BCUT2D eigenvalue weighted by molar-refractivity contribution is -0.485. The molecule has 3 atom stereocenters. The molecule has 2 aliphatic rings. The Morgan fingerprint density at radius 2 is 2.33 bits per heavy atom. The lowest BCUT2D eigenvalue weighted by Crippen LogP contribution is -2.36. The molecule has 1 saturated heterocycles. The summed E-state index contributed by atoms with van der Waals surface area (Å²) in [7, 11) is 0. The highest BCUT2D eigenvalue weighted by Crippen LogP contribution is 2.47. The van der Waals surface area contributed by atoms with Gasteiger partial charge >= 0.3 is 0 Å². The number of benzene rings is 1. The zero-order chi connectivity index (χ0) is 12.7. The molecule has 18 heavy (non-hydrogen) atoms. The lowest BCUT2D eigenvalue weighted by atomic mass is 9.82. The molecule has 0 unspecified atom stereocenters. The van der Waals surface area contributed by atoms with E-state index in [1.807, 2.05) is 0 Å². The molecule has 1 fully saturated rings. The molecule has 0 aromatic heterocycles. The Hall–Kier alpha value is -1.82. The molecule has 0 saturated carbocycles. The SMILES string of the molecule is O=[N+]([O-])C[C@H]1c2cccc(O)c2O[C@@H]2OCC[C@@H]21. The van der Waals surface area contributed by atoms with Crippen LogP contribution in [0.2, 0.25) is 0 Å². The third-order valence-corrected chi connectivity index (χ3v) is 3.60. The summed E-state index contributed by atoms with van der Waals surface area (Å²) in [5.41, 5.74) is 0.707. The summed E-state index contributed by atoms with van der Waals surface area (Å²) in [6.07, 6.45) is 0.272. The Morgan fingerprint density at radius 3 is 3.11 bits per heavy atom. The van der Waals surface area contributed by atoms with Crippen molar-refractivity contribution in [2.24, 2.45) is 5.92 Å². The number of hydrogen-bond donors (Lipinski definition) is 1. The highest BCUT2D eigenvalue weighted by molar-refractivity contribution is 5.49. The molecule has 0 aliphatic carbocycles. The van der Waals surface area contributed by atoms with E-state index in [4.69, 9.17) is 9.47 Å². The van der Waals surface area contributed by atoms with Crippen molar-refractivity contribution in [1.29, 1.82) is 0 Å². The van der Waals surface area contributed by atoms with Crippen molar-refractivity contribution in [3.63, 3.8) is 0 Å². The number of para-hydroxylation sites is 1. The van der Waals surface area contributed by atoms with Gasteiger partial charge < -0.3 is 14.6 Å². The van der Waals surface area contributed by atoms with Crippen LogP contribution in [-0.4, -0.2) is 29.5 Å². The van der Waals surface area contributed by atoms with Crippen LogP contribution in [0.1, 0.15) is 17.9 Å². The van der Waals surface area contributed by atoms with Crippen LogP contribution >= 0.6 is 0 Å².